The maximum atomic E-state index is 6.01. The van der Waals surface area contributed by atoms with E-state index in [0.717, 1.165) is 5.03 Å². The highest BCUT2D eigenvalue weighted by Crippen LogP contribution is 2.35. The van der Waals surface area contributed by atoms with Crippen LogP contribution in [-0.2, 0) is 0 Å². The van der Waals surface area contributed by atoms with E-state index < -0.39 is 0 Å². The summed E-state index contributed by atoms with van der Waals surface area (Å²) in [5, 5.41) is 5.19. The van der Waals surface area contributed by atoms with Crippen LogP contribution in [0.2, 0.25) is 5.02 Å². The molecular formula is C10H10ClN3OS. The van der Waals surface area contributed by atoms with Gasteiger partial charge in [-0.25, -0.2) is 4.98 Å². The molecule has 0 aliphatic heterocycles. The molecule has 0 bridgehead atoms. The van der Waals surface area contributed by atoms with Gasteiger partial charge in [-0.15, -0.1) is 0 Å². The van der Waals surface area contributed by atoms with Gasteiger partial charge in [0.2, 0.25) is 5.89 Å². The minimum absolute atomic E-state index is 0.0357. The molecule has 2 rings (SSSR count). The summed E-state index contributed by atoms with van der Waals surface area (Å²) in [7, 11) is 0. The van der Waals surface area contributed by atoms with Crippen molar-refractivity contribution in [2.75, 3.05) is 0 Å². The smallest absolute Gasteiger partial charge is 0.239 e. The topological polar surface area (TPSA) is 51.8 Å². The van der Waals surface area contributed by atoms with E-state index in [9.17, 15) is 0 Å². The van der Waals surface area contributed by atoms with E-state index in [1.54, 1.807) is 19.2 Å². The number of aryl methyl sites for hydroxylation is 1. The minimum Gasteiger partial charge on any atom is -0.338 e. The van der Waals surface area contributed by atoms with Gasteiger partial charge in [-0.1, -0.05) is 28.5 Å². The molecule has 0 aromatic carbocycles. The van der Waals surface area contributed by atoms with E-state index in [0.29, 0.717) is 16.7 Å². The van der Waals surface area contributed by atoms with E-state index in [4.69, 9.17) is 16.1 Å². The molecule has 2 aromatic heterocycles. The zero-order valence-electron chi connectivity index (χ0n) is 8.85. The number of rotatable bonds is 3. The molecule has 0 saturated carbocycles. The molecule has 6 heteroatoms. The first-order valence-electron chi connectivity index (χ1n) is 4.74. The fourth-order valence-electron chi connectivity index (χ4n) is 1.15. The summed E-state index contributed by atoms with van der Waals surface area (Å²) in [6.07, 6.45) is 1.71. The lowest BCUT2D eigenvalue weighted by Gasteiger charge is -2.06. The summed E-state index contributed by atoms with van der Waals surface area (Å²) in [6, 6.07) is 3.61. The Morgan fingerprint density at radius 2 is 2.31 bits per heavy atom. The lowest BCUT2D eigenvalue weighted by molar-refractivity contribution is 0.376. The third kappa shape index (κ3) is 2.54. The Balaban J connectivity index is 2.13. The van der Waals surface area contributed by atoms with Crippen molar-refractivity contribution in [2.24, 2.45) is 0 Å². The number of hydrogen-bond donors (Lipinski definition) is 0. The molecule has 2 aromatic rings. The Morgan fingerprint density at radius 1 is 1.50 bits per heavy atom. The molecule has 0 radical (unpaired) electrons. The lowest BCUT2D eigenvalue weighted by atomic mass is 10.5. The van der Waals surface area contributed by atoms with Gasteiger partial charge in [-0.05, 0) is 26.0 Å². The molecule has 0 spiro atoms. The number of halogens is 1. The standard InChI is InChI=1S/C10H10ClN3OS/c1-6(9-13-7(2)14-15-9)16-10-8(11)4-3-5-12-10/h3-6H,1-2H3/t6-/m1/s1. The van der Waals surface area contributed by atoms with Gasteiger partial charge in [-0.2, -0.15) is 4.98 Å². The molecule has 84 valence electrons. The number of pyridine rings is 1. The normalized spacial score (nSPS) is 12.7. The van der Waals surface area contributed by atoms with Crippen molar-refractivity contribution in [1.82, 2.24) is 15.1 Å². The van der Waals surface area contributed by atoms with Gasteiger partial charge in [-0.3, -0.25) is 0 Å². The predicted octanol–water partition coefficient (Wildman–Crippen LogP) is 3.28. The summed E-state index contributed by atoms with van der Waals surface area (Å²) < 4.78 is 5.09. The first-order valence-corrected chi connectivity index (χ1v) is 6.00. The van der Waals surface area contributed by atoms with Crippen molar-refractivity contribution >= 4 is 23.4 Å². The average Bonchev–Trinajstić information content (AvgIpc) is 2.68. The van der Waals surface area contributed by atoms with Crippen molar-refractivity contribution in [2.45, 2.75) is 24.1 Å². The largest absolute Gasteiger partial charge is 0.338 e. The molecular weight excluding hydrogens is 246 g/mol. The molecule has 4 nitrogen and oxygen atoms in total. The van der Waals surface area contributed by atoms with Crippen LogP contribution in [0.25, 0.3) is 0 Å². The molecule has 1 atom stereocenters. The zero-order valence-corrected chi connectivity index (χ0v) is 10.4. The molecule has 0 unspecified atom stereocenters. The Bertz CT molecular complexity index is 488. The second-order valence-electron chi connectivity index (χ2n) is 3.23. The van der Waals surface area contributed by atoms with Crippen LogP contribution in [0.1, 0.15) is 23.9 Å². The molecule has 0 amide bonds. The minimum atomic E-state index is 0.0357. The van der Waals surface area contributed by atoms with Crippen LogP contribution in [0, 0.1) is 6.92 Å². The Kier molecular flexibility index (Phi) is 3.46. The van der Waals surface area contributed by atoms with Gasteiger partial charge in [0.25, 0.3) is 0 Å². The fourth-order valence-corrected chi connectivity index (χ4v) is 2.24. The summed E-state index contributed by atoms with van der Waals surface area (Å²) in [6.45, 7) is 3.76. The van der Waals surface area contributed by atoms with Crippen molar-refractivity contribution in [3.8, 4) is 0 Å². The molecule has 16 heavy (non-hydrogen) atoms. The summed E-state index contributed by atoms with van der Waals surface area (Å²) in [4.78, 5) is 8.36. The van der Waals surface area contributed by atoms with Gasteiger partial charge >= 0.3 is 0 Å². The van der Waals surface area contributed by atoms with Gasteiger partial charge in [0, 0.05) is 6.20 Å². The van der Waals surface area contributed by atoms with Crippen LogP contribution >= 0.6 is 23.4 Å². The number of thioether (sulfide) groups is 1. The van der Waals surface area contributed by atoms with E-state index in [2.05, 4.69) is 15.1 Å². The maximum absolute atomic E-state index is 6.01. The molecule has 0 N–H and O–H groups in total. The third-order valence-electron chi connectivity index (χ3n) is 1.90. The van der Waals surface area contributed by atoms with E-state index in [1.807, 2.05) is 13.0 Å². The highest BCUT2D eigenvalue weighted by atomic mass is 35.5. The van der Waals surface area contributed by atoms with Crippen LogP contribution in [0.5, 0.6) is 0 Å². The molecule has 0 aliphatic rings. The van der Waals surface area contributed by atoms with Crippen molar-refractivity contribution in [1.29, 1.82) is 0 Å². The number of nitrogens with zero attached hydrogens (tertiary/aromatic N) is 3. The molecule has 2 heterocycles. The highest BCUT2D eigenvalue weighted by molar-refractivity contribution is 7.99. The first kappa shape index (κ1) is 11.4. The van der Waals surface area contributed by atoms with Gasteiger partial charge in [0.05, 0.1) is 10.3 Å². The quantitative estimate of drug-likeness (QED) is 0.788. The van der Waals surface area contributed by atoms with Crippen LogP contribution < -0.4 is 0 Å². The lowest BCUT2D eigenvalue weighted by Crippen LogP contribution is -1.90. The zero-order chi connectivity index (χ0) is 11.5. The van der Waals surface area contributed by atoms with Crippen LogP contribution in [0.3, 0.4) is 0 Å². The highest BCUT2D eigenvalue weighted by Gasteiger charge is 2.16. The summed E-state index contributed by atoms with van der Waals surface area (Å²) in [5.74, 6) is 1.22. The first-order chi connectivity index (χ1) is 7.66. The van der Waals surface area contributed by atoms with E-state index in [1.165, 1.54) is 11.8 Å². The molecule has 0 saturated heterocycles. The Hall–Kier alpha value is -1.07. The number of aromatic nitrogens is 3. The van der Waals surface area contributed by atoms with E-state index >= 15 is 0 Å². The fraction of sp³-hybridized carbons (Fsp3) is 0.300. The number of hydrogen-bond acceptors (Lipinski definition) is 5. The SMILES string of the molecule is Cc1noc([C@@H](C)Sc2ncccc2Cl)n1. The summed E-state index contributed by atoms with van der Waals surface area (Å²) in [5.41, 5.74) is 0. The predicted molar refractivity (Wildman–Crippen MR) is 62.6 cm³/mol. The van der Waals surface area contributed by atoms with Crippen molar-refractivity contribution < 1.29 is 4.52 Å². The van der Waals surface area contributed by atoms with Gasteiger partial charge in [0.1, 0.15) is 5.03 Å². The van der Waals surface area contributed by atoms with Crippen molar-refractivity contribution in [3.63, 3.8) is 0 Å². The second-order valence-corrected chi connectivity index (χ2v) is 4.97. The molecule has 0 aliphatic carbocycles. The summed E-state index contributed by atoms with van der Waals surface area (Å²) >= 11 is 7.51. The van der Waals surface area contributed by atoms with Crippen LogP contribution in [0.4, 0.5) is 0 Å². The van der Waals surface area contributed by atoms with Gasteiger partial charge < -0.3 is 4.52 Å². The second kappa shape index (κ2) is 4.84. The van der Waals surface area contributed by atoms with E-state index in [-0.39, 0.29) is 5.25 Å². The Morgan fingerprint density at radius 3 is 2.94 bits per heavy atom. The van der Waals surface area contributed by atoms with Crippen LogP contribution in [0.15, 0.2) is 27.9 Å². The molecule has 0 fully saturated rings. The average molecular weight is 256 g/mol. The van der Waals surface area contributed by atoms with Crippen LogP contribution in [-0.4, -0.2) is 15.1 Å². The maximum Gasteiger partial charge on any atom is 0.239 e. The Labute approximate surface area is 102 Å². The van der Waals surface area contributed by atoms with Crippen molar-refractivity contribution in [3.05, 3.63) is 35.1 Å². The van der Waals surface area contributed by atoms with Gasteiger partial charge in [0.15, 0.2) is 5.82 Å². The monoisotopic (exact) mass is 255 g/mol. The third-order valence-corrected chi connectivity index (χ3v) is 3.42.